The number of esters is 1. The SMILES string of the molecule is CC.CC.CC1CC(O)C(O)C(C)O1.COC(=O)C1CCC2(C)C3CCC4CC(CCC(O)C(OC)C(C)OC)CCC4(C)C3CC(C)C12C. The van der Waals surface area contributed by atoms with E-state index in [9.17, 15) is 20.1 Å². The van der Waals surface area contributed by atoms with Gasteiger partial charge in [0.15, 0.2) is 0 Å². The van der Waals surface area contributed by atoms with E-state index in [1.54, 1.807) is 28.3 Å². The van der Waals surface area contributed by atoms with Gasteiger partial charge in [0.2, 0.25) is 0 Å². The van der Waals surface area contributed by atoms with Crippen molar-refractivity contribution < 1.29 is 39.1 Å². The Morgan fingerprint density at radius 1 is 0.860 bits per heavy atom. The predicted octanol–water partition coefficient (Wildman–Crippen LogP) is 8.22. The molecule has 0 spiro atoms. The Bertz CT molecular complexity index is 996. The lowest BCUT2D eigenvalue weighted by Crippen LogP contribution is -2.60. The van der Waals surface area contributed by atoms with E-state index in [2.05, 4.69) is 27.7 Å². The average Bonchev–Trinajstić information content (AvgIpc) is 3.40. The normalized spacial score (nSPS) is 43.7. The van der Waals surface area contributed by atoms with Crippen molar-refractivity contribution in [2.45, 2.75) is 190 Å². The first-order valence-corrected chi connectivity index (χ1v) is 20.4. The Morgan fingerprint density at radius 3 is 2.06 bits per heavy atom. The molecule has 296 valence electrons. The predicted molar refractivity (Wildman–Crippen MR) is 202 cm³/mol. The van der Waals surface area contributed by atoms with Crippen LogP contribution in [0.4, 0.5) is 0 Å². The molecule has 50 heavy (non-hydrogen) atoms. The lowest BCUT2D eigenvalue weighted by Gasteiger charge is -2.66. The molecular weight excluding hydrogens is 632 g/mol. The van der Waals surface area contributed by atoms with Gasteiger partial charge in [-0.15, -0.1) is 0 Å². The van der Waals surface area contributed by atoms with Gasteiger partial charge in [-0.25, -0.2) is 0 Å². The molecule has 1 heterocycles. The van der Waals surface area contributed by atoms with Crippen molar-refractivity contribution in [1.82, 2.24) is 0 Å². The summed E-state index contributed by atoms with van der Waals surface area (Å²) in [5.41, 5.74) is 0.658. The van der Waals surface area contributed by atoms with Gasteiger partial charge in [-0.3, -0.25) is 4.79 Å². The molecular formula is C42H80O8. The van der Waals surface area contributed by atoms with Crippen LogP contribution < -0.4 is 0 Å². The van der Waals surface area contributed by atoms with Gasteiger partial charge >= 0.3 is 5.97 Å². The molecule has 16 atom stereocenters. The second kappa shape index (κ2) is 19.5. The molecule has 0 radical (unpaired) electrons. The number of rotatable bonds is 8. The van der Waals surface area contributed by atoms with Gasteiger partial charge in [0.05, 0.1) is 43.5 Å². The van der Waals surface area contributed by atoms with E-state index in [4.69, 9.17) is 18.9 Å². The van der Waals surface area contributed by atoms with Gasteiger partial charge in [-0.2, -0.15) is 0 Å². The summed E-state index contributed by atoms with van der Waals surface area (Å²) in [5.74, 6) is 3.55. The largest absolute Gasteiger partial charge is 0.469 e. The van der Waals surface area contributed by atoms with Gasteiger partial charge in [0, 0.05) is 20.6 Å². The first-order valence-electron chi connectivity index (χ1n) is 20.4. The summed E-state index contributed by atoms with van der Waals surface area (Å²) in [6.45, 7) is 23.6. The lowest BCUT2D eigenvalue weighted by molar-refractivity contribution is -0.189. The third kappa shape index (κ3) is 8.94. The van der Waals surface area contributed by atoms with Crippen LogP contribution in [-0.4, -0.2) is 85.3 Å². The number of aliphatic hydroxyl groups is 3. The molecule has 4 saturated carbocycles. The molecule has 8 heteroatoms. The highest BCUT2D eigenvalue weighted by Crippen LogP contribution is 2.74. The van der Waals surface area contributed by atoms with Crippen molar-refractivity contribution in [3.63, 3.8) is 0 Å². The summed E-state index contributed by atoms with van der Waals surface area (Å²) in [6.07, 6.45) is 9.97. The third-order valence-corrected chi connectivity index (χ3v) is 14.9. The van der Waals surface area contributed by atoms with Gasteiger partial charge in [-0.1, -0.05) is 55.4 Å². The number of aliphatic hydroxyl groups excluding tert-OH is 3. The minimum Gasteiger partial charge on any atom is -0.469 e. The third-order valence-electron chi connectivity index (χ3n) is 14.9. The van der Waals surface area contributed by atoms with Crippen LogP contribution in [0.25, 0.3) is 0 Å². The molecule has 5 fully saturated rings. The topological polar surface area (TPSA) is 115 Å². The van der Waals surface area contributed by atoms with Crippen LogP contribution in [-0.2, 0) is 23.7 Å². The summed E-state index contributed by atoms with van der Waals surface area (Å²) in [6, 6.07) is 0. The molecule has 4 aliphatic carbocycles. The number of carbonyl (C=O) groups is 1. The highest BCUT2D eigenvalue weighted by atomic mass is 16.5. The van der Waals surface area contributed by atoms with Crippen molar-refractivity contribution in [3.8, 4) is 0 Å². The van der Waals surface area contributed by atoms with Crippen LogP contribution in [0.15, 0.2) is 0 Å². The van der Waals surface area contributed by atoms with Gasteiger partial charge in [0.25, 0.3) is 0 Å². The van der Waals surface area contributed by atoms with E-state index in [0.717, 1.165) is 37.5 Å². The zero-order chi connectivity index (χ0) is 38.2. The Kier molecular flexibility index (Phi) is 17.7. The highest BCUT2D eigenvalue weighted by molar-refractivity contribution is 5.74. The number of hydrogen-bond donors (Lipinski definition) is 3. The van der Waals surface area contributed by atoms with Crippen molar-refractivity contribution in [2.75, 3.05) is 21.3 Å². The Labute approximate surface area is 307 Å². The van der Waals surface area contributed by atoms with Crippen molar-refractivity contribution in [2.24, 2.45) is 51.8 Å². The first kappa shape index (κ1) is 45.4. The van der Waals surface area contributed by atoms with E-state index in [1.165, 1.54) is 38.5 Å². The molecule has 1 aliphatic heterocycles. The molecule has 0 bridgehead atoms. The van der Waals surface area contributed by atoms with E-state index >= 15 is 0 Å². The van der Waals surface area contributed by atoms with Crippen LogP contribution in [0, 0.1) is 51.8 Å². The number of methoxy groups -OCH3 is 3. The molecule has 1 saturated heterocycles. The second-order valence-corrected chi connectivity index (χ2v) is 16.8. The summed E-state index contributed by atoms with van der Waals surface area (Å²) in [5, 5.41) is 29.2. The van der Waals surface area contributed by atoms with Crippen molar-refractivity contribution in [3.05, 3.63) is 0 Å². The van der Waals surface area contributed by atoms with Crippen LogP contribution in [0.2, 0.25) is 0 Å². The molecule has 0 aromatic rings. The molecule has 8 nitrogen and oxygen atoms in total. The monoisotopic (exact) mass is 713 g/mol. The maximum absolute atomic E-state index is 12.8. The lowest BCUT2D eigenvalue weighted by atomic mass is 9.38. The zero-order valence-corrected chi connectivity index (χ0v) is 34.7. The van der Waals surface area contributed by atoms with E-state index in [0.29, 0.717) is 29.6 Å². The Morgan fingerprint density at radius 2 is 1.50 bits per heavy atom. The quantitative estimate of drug-likeness (QED) is 0.216. The number of carbonyl (C=O) groups excluding carboxylic acids is 1. The standard InChI is InChI=1S/C31H54O5.C7H14O3.2C2H6/c1-19-17-25-23(30(4)16-14-24(28(33)36-8)31(19,30)5)11-10-22-18-21(13-15-29(22,25)3)9-12-26(32)27(35-7)20(2)34-6;1-4-3-6(8)7(9)5(2)10-4;2*1-2/h19-27,32H,9-18H2,1-8H3;4-9H,3H2,1-2H3;2*1-2H3. The van der Waals surface area contributed by atoms with Crippen molar-refractivity contribution >= 4 is 5.97 Å². The Hall–Kier alpha value is -0.770. The van der Waals surface area contributed by atoms with Gasteiger partial charge in [0.1, 0.15) is 12.2 Å². The summed E-state index contributed by atoms with van der Waals surface area (Å²) in [4.78, 5) is 12.8. The molecule has 0 aromatic heterocycles. The average molecular weight is 713 g/mol. The minimum atomic E-state index is -0.712. The maximum atomic E-state index is 12.8. The van der Waals surface area contributed by atoms with Crippen LogP contribution in [0.5, 0.6) is 0 Å². The summed E-state index contributed by atoms with van der Waals surface area (Å²) in [7, 11) is 4.91. The molecule has 3 N–H and O–H groups in total. The molecule has 0 aromatic carbocycles. The smallest absolute Gasteiger partial charge is 0.309 e. The van der Waals surface area contributed by atoms with E-state index in [-0.39, 0.29) is 47.1 Å². The zero-order valence-electron chi connectivity index (χ0n) is 34.7. The van der Waals surface area contributed by atoms with Gasteiger partial charge < -0.3 is 34.3 Å². The Balaban J connectivity index is 0.000000523. The fourth-order valence-corrected chi connectivity index (χ4v) is 11.6. The second-order valence-electron chi connectivity index (χ2n) is 16.8. The first-order chi connectivity index (χ1) is 23.6. The van der Waals surface area contributed by atoms with Crippen LogP contribution in [0.1, 0.15) is 147 Å². The molecule has 0 amide bonds. The van der Waals surface area contributed by atoms with Crippen LogP contribution >= 0.6 is 0 Å². The van der Waals surface area contributed by atoms with Crippen molar-refractivity contribution in [1.29, 1.82) is 0 Å². The minimum absolute atomic E-state index is 0.0183. The van der Waals surface area contributed by atoms with Crippen LogP contribution in [0.3, 0.4) is 0 Å². The number of ether oxygens (including phenoxy) is 4. The maximum Gasteiger partial charge on any atom is 0.309 e. The number of fused-ring (bicyclic) bond motifs is 5. The fraction of sp³-hybridized carbons (Fsp3) is 0.976. The molecule has 16 unspecified atom stereocenters. The summed E-state index contributed by atoms with van der Waals surface area (Å²) >= 11 is 0. The molecule has 5 rings (SSSR count). The van der Waals surface area contributed by atoms with E-state index < -0.39 is 18.3 Å². The molecule has 5 aliphatic rings. The highest BCUT2D eigenvalue weighted by Gasteiger charge is 2.69. The number of hydrogen-bond acceptors (Lipinski definition) is 8. The van der Waals surface area contributed by atoms with E-state index in [1.807, 2.05) is 41.5 Å². The summed E-state index contributed by atoms with van der Waals surface area (Å²) < 4.78 is 21.5. The van der Waals surface area contributed by atoms with Gasteiger partial charge in [-0.05, 0) is 131 Å². The fourth-order valence-electron chi connectivity index (χ4n) is 11.6.